The molecule has 0 saturated heterocycles. The third kappa shape index (κ3) is 2.92. The molecule has 2 heterocycles. The largest absolute Gasteiger partial charge is 0.461 e. The summed E-state index contributed by atoms with van der Waals surface area (Å²) in [7, 11) is 0. The number of rotatable bonds is 3. The van der Waals surface area contributed by atoms with E-state index in [1.807, 2.05) is 38.1 Å². The highest BCUT2D eigenvalue weighted by Gasteiger charge is 2.12. The zero-order chi connectivity index (χ0) is 14.8. The lowest BCUT2D eigenvalue weighted by Gasteiger charge is -2.09. The maximum absolute atomic E-state index is 5.98. The van der Waals surface area contributed by atoms with Crippen molar-refractivity contribution >= 4 is 22.4 Å². The highest BCUT2D eigenvalue weighted by molar-refractivity contribution is 6.28. The molecule has 0 aliphatic heterocycles. The van der Waals surface area contributed by atoms with Crippen LogP contribution in [0, 0.1) is 0 Å². The molecule has 6 heteroatoms. The summed E-state index contributed by atoms with van der Waals surface area (Å²) < 4.78 is 5.51. The molecule has 0 spiro atoms. The van der Waals surface area contributed by atoms with Crippen molar-refractivity contribution in [2.75, 3.05) is 0 Å². The maximum atomic E-state index is 5.98. The van der Waals surface area contributed by atoms with Crippen LogP contribution < -0.4 is 4.74 Å². The van der Waals surface area contributed by atoms with Crippen molar-refractivity contribution in [2.45, 2.75) is 20.0 Å². The van der Waals surface area contributed by atoms with E-state index in [-0.39, 0.29) is 17.4 Å². The van der Waals surface area contributed by atoms with E-state index in [2.05, 4.69) is 19.9 Å². The molecule has 0 radical (unpaired) electrons. The second-order valence-electron chi connectivity index (χ2n) is 4.78. The summed E-state index contributed by atoms with van der Waals surface area (Å²) >= 11 is 5.98. The van der Waals surface area contributed by atoms with E-state index in [1.165, 1.54) is 0 Å². The van der Waals surface area contributed by atoms with E-state index in [0.29, 0.717) is 5.82 Å². The molecule has 0 atom stereocenters. The highest BCUT2D eigenvalue weighted by atomic mass is 35.5. The Kier molecular flexibility index (Phi) is 3.66. The summed E-state index contributed by atoms with van der Waals surface area (Å²) in [4.78, 5) is 16.7. The molecule has 3 rings (SSSR count). The zero-order valence-electron chi connectivity index (χ0n) is 11.6. The SMILES string of the molecule is CC(C)Oc1nc(Cl)nc(-c2cccc3ccncc23)n1. The molecule has 0 N–H and O–H groups in total. The van der Waals surface area contributed by atoms with Gasteiger partial charge in [0.15, 0.2) is 5.82 Å². The molecule has 0 fully saturated rings. The van der Waals surface area contributed by atoms with Crippen LogP contribution >= 0.6 is 11.6 Å². The van der Waals surface area contributed by atoms with Gasteiger partial charge in [0, 0.05) is 23.3 Å². The van der Waals surface area contributed by atoms with E-state index in [1.54, 1.807) is 12.4 Å². The lowest BCUT2D eigenvalue weighted by atomic mass is 10.1. The number of hydrogen-bond donors (Lipinski definition) is 0. The molecule has 21 heavy (non-hydrogen) atoms. The summed E-state index contributed by atoms with van der Waals surface area (Å²) in [5.41, 5.74) is 0.846. The Balaban J connectivity index is 2.16. The summed E-state index contributed by atoms with van der Waals surface area (Å²) in [6.45, 7) is 3.80. The molecular formula is C15H13ClN4O. The van der Waals surface area contributed by atoms with Gasteiger partial charge in [-0.1, -0.05) is 18.2 Å². The Morgan fingerprint density at radius 1 is 1.10 bits per heavy atom. The highest BCUT2D eigenvalue weighted by Crippen LogP contribution is 2.27. The molecule has 3 aromatic rings. The number of hydrogen-bond acceptors (Lipinski definition) is 5. The van der Waals surface area contributed by atoms with Gasteiger partial charge in [0.05, 0.1) is 6.10 Å². The van der Waals surface area contributed by atoms with Gasteiger partial charge in [-0.05, 0) is 36.9 Å². The fourth-order valence-electron chi connectivity index (χ4n) is 2.02. The summed E-state index contributed by atoms with van der Waals surface area (Å²) in [5.74, 6) is 0.476. The average molecular weight is 301 g/mol. The fourth-order valence-corrected chi connectivity index (χ4v) is 2.18. The molecule has 5 nitrogen and oxygen atoms in total. The maximum Gasteiger partial charge on any atom is 0.321 e. The van der Waals surface area contributed by atoms with Crippen LogP contribution in [0.3, 0.4) is 0 Å². The van der Waals surface area contributed by atoms with E-state index >= 15 is 0 Å². The Morgan fingerprint density at radius 3 is 2.76 bits per heavy atom. The number of benzene rings is 1. The molecule has 0 saturated carbocycles. The molecule has 106 valence electrons. The summed E-state index contributed by atoms with van der Waals surface area (Å²) in [5, 5.41) is 2.12. The fraction of sp³-hybridized carbons (Fsp3) is 0.200. The van der Waals surface area contributed by atoms with Crippen molar-refractivity contribution in [3.8, 4) is 17.4 Å². The predicted molar refractivity (Wildman–Crippen MR) is 81.3 cm³/mol. The van der Waals surface area contributed by atoms with Gasteiger partial charge >= 0.3 is 6.01 Å². The van der Waals surface area contributed by atoms with Crippen LogP contribution in [-0.4, -0.2) is 26.0 Å². The molecule has 0 aliphatic carbocycles. The Hall–Kier alpha value is -2.27. The van der Waals surface area contributed by atoms with Crippen LogP contribution in [0.15, 0.2) is 36.7 Å². The summed E-state index contributed by atoms with van der Waals surface area (Å²) in [6, 6.07) is 8.04. The minimum Gasteiger partial charge on any atom is -0.461 e. The number of fused-ring (bicyclic) bond motifs is 1. The molecule has 0 amide bonds. The van der Waals surface area contributed by atoms with Gasteiger partial charge < -0.3 is 4.74 Å². The second-order valence-corrected chi connectivity index (χ2v) is 5.12. The third-order valence-electron chi connectivity index (χ3n) is 2.85. The monoisotopic (exact) mass is 300 g/mol. The average Bonchev–Trinajstić information content (AvgIpc) is 2.45. The molecular weight excluding hydrogens is 288 g/mol. The lowest BCUT2D eigenvalue weighted by Crippen LogP contribution is -2.09. The van der Waals surface area contributed by atoms with Crippen molar-refractivity contribution in [3.05, 3.63) is 41.9 Å². The first-order valence-electron chi connectivity index (χ1n) is 6.55. The molecule has 2 aromatic heterocycles. The van der Waals surface area contributed by atoms with Gasteiger partial charge in [-0.2, -0.15) is 15.0 Å². The first kappa shape index (κ1) is 13.7. The van der Waals surface area contributed by atoms with Crippen LogP contribution in [-0.2, 0) is 0 Å². The molecule has 1 aromatic carbocycles. The second kappa shape index (κ2) is 5.61. The third-order valence-corrected chi connectivity index (χ3v) is 3.02. The number of halogens is 1. The van der Waals surface area contributed by atoms with Gasteiger partial charge in [-0.25, -0.2) is 0 Å². The normalized spacial score (nSPS) is 11.0. The Bertz CT molecular complexity index is 786. The van der Waals surface area contributed by atoms with E-state index < -0.39 is 0 Å². The van der Waals surface area contributed by atoms with Crippen LogP contribution in [0.4, 0.5) is 0 Å². The molecule has 0 unspecified atom stereocenters. The molecule has 0 bridgehead atoms. The lowest BCUT2D eigenvalue weighted by molar-refractivity contribution is 0.222. The van der Waals surface area contributed by atoms with E-state index in [4.69, 9.17) is 16.3 Å². The summed E-state index contributed by atoms with van der Waals surface area (Å²) in [6.07, 6.45) is 3.50. The van der Waals surface area contributed by atoms with Crippen LogP contribution in [0.1, 0.15) is 13.8 Å². The van der Waals surface area contributed by atoms with Crippen molar-refractivity contribution in [1.29, 1.82) is 0 Å². The van der Waals surface area contributed by atoms with Crippen molar-refractivity contribution in [1.82, 2.24) is 19.9 Å². The number of pyridine rings is 1. The van der Waals surface area contributed by atoms with Crippen molar-refractivity contribution in [3.63, 3.8) is 0 Å². The van der Waals surface area contributed by atoms with Crippen LogP contribution in [0.25, 0.3) is 22.2 Å². The number of nitrogens with zero attached hydrogens (tertiary/aromatic N) is 4. The van der Waals surface area contributed by atoms with Gasteiger partial charge in [-0.3, -0.25) is 4.98 Å². The smallest absolute Gasteiger partial charge is 0.321 e. The quantitative estimate of drug-likeness (QED) is 0.740. The predicted octanol–water partition coefficient (Wildman–Crippen LogP) is 3.53. The van der Waals surface area contributed by atoms with Crippen molar-refractivity contribution in [2.24, 2.45) is 0 Å². The van der Waals surface area contributed by atoms with Crippen LogP contribution in [0.5, 0.6) is 6.01 Å². The number of ether oxygens (including phenoxy) is 1. The van der Waals surface area contributed by atoms with Crippen LogP contribution in [0.2, 0.25) is 5.28 Å². The van der Waals surface area contributed by atoms with Gasteiger partial charge in [0.2, 0.25) is 5.28 Å². The van der Waals surface area contributed by atoms with E-state index in [9.17, 15) is 0 Å². The minimum atomic E-state index is -0.0366. The van der Waals surface area contributed by atoms with E-state index in [0.717, 1.165) is 16.3 Å². The molecule has 0 aliphatic rings. The Labute approximate surface area is 127 Å². The zero-order valence-corrected chi connectivity index (χ0v) is 12.4. The number of aromatic nitrogens is 4. The standard InChI is InChI=1S/C15H13ClN4O/c1-9(2)21-15-19-13(18-14(16)20-15)11-5-3-4-10-6-7-17-8-12(10)11/h3-9H,1-2H3. The van der Waals surface area contributed by atoms with Gasteiger partial charge in [0.1, 0.15) is 0 Å². The first-order chi connectivity index (χ1) is 10.1. The minimum absolute atomic E-state index is 0.0366. The van der Waals surface area contributed by atoms with Crippen molar-refractivity contribution < 1.29 is 4.74 Å². The van der Waals surface area contributed by atoms with Gasteiger partial charge in [-0.15, -0.1) is 0 Å². The Morgan fingerprint density at radius 2 is 1.95 bits per heavy atom. The van der Waals surface area contributed by atoms with Gasteiger partial charge in [0.25, 0.3) is 0 Å². The topological polar surface area (TPSA) is 60.8 Å². The first-order valence-corrected chi connectivity index (χ1v) is 6.92.